The highest BCUT2D eigenvalue weighted by molar-refractivity contribution is 6.05. The molecular formula is C34H32N2O3. The summed E-state index contributed by atoms with van der Waals surface area (Å²) in [5.74, 6) is 1.69. The fourth-order valence-corrected chi connectivity index (χ4v) is 6.57. The minimum Gasteiger partial charge on any atom is -0.456 e. The fourth-order valence-electron chi connectivity index (χ4n) is 6.57. The predicted octanol–water partition coefficient (Wildman–Crippen LogP) is 8.30. The van der Waals surface area contributed by atoms with Crippen LogP contribution in [0.1, 0.15) is 64.7 Å². The molecule has 3 aliphatic rings. The Bertz CT molecular complexity index is 1510. The van der Waals surface area contributed by atoms with Crippen LogP contribution in [0, 0.1) is 12.8 Å². The Balaban J connectivity index is 1.47. The maximum atomic E-state index is 14.0. The van der Waals surface area contributed by atoms with Gasteiger partial charge in [0.15, 0.2) is 5.60 Å². The molecule has 0 radical (unpaired) electrons. The molecule has 1 spiro atoms. The van der Waals surface area contributed by atoms with Gasteiger partial charge in [-0.15, -0.1) is 0 Å². The molecule has 39 heavy (non-hydrogen) atoms. The van der Waals surface area contributed by atoms with E-state index in [1.807, 2.05) is 78.9 Å². The maximum Gasteiger partial charge on any atom is 0.342 e. The van der Waals surface area contributed by atoms with Gasteiger partial charge in [-0.25, -0.2) is 4.79 Å². The first-order valence-electron chi connectivity index (χ1n) is 14.0. The van der Waals surface area contributed by atoms with E-state index in [9.17, 15) is 4.79 Å². The number of para-hydroxylation sites is 3. The highest BCUT2D eigenvalue weighted by Crippen LogP contribution is 2.59. The number of benzene rings is 4. The molecule has 7 rings (SSSR count). The van der Waals surface area contributed by atoms with Crippen LogP contribution in [0.15, 0.2) is 84.9 Å². The van der Waals surface area contributed by atoms with Crippen molar-refractivity contribution in [3.05, 3.63) is 113 Å². The molecule has 0 unspecified atom stereocenters. The molecule has 1 aliphatic carbocycles. The van der Waals surface area contributed by atoms with E-state index in [0.717, 1.165) is 45.9 Å². The standard InChI is InChI=1S/C34H32N2O3/c1-22-20-27(35-21-23-12-4-2-5-13-23)30-31(32(22)36-24-14-6-3-7-15-24)34(39-33(30)37)25-16-8-10-18-28(25)38-29-19-11-9-17-26(29)34/h3,6-11,14-20,23,35-36H,2,4-5,12-13,21H2,1H3. The van der Waals surface area contributed by atoms with Crippen molar-refractivity contribution in [1.29, 1.82) is 0 Å². The number of hydrogen-bond donors (Lipinski definition) is 2. The van der Waals surface area contributed by atoms with Crippen molar-refractivity contribution in [2.24, 2.45) is 5.92 Å². The highest BCUT2D eigenvalue weighted by atomic mass is 16.6. The molecule has 2 heterocycles. The lowest BCUT2D eigenvalue weighted by atomic mass is 9.76. The van der Waals surface area contributed by atoms with Gasteiger partial charge in [0, 0.05) is 34.6 Å². The molecule has 4 aromatic rings. The normalized spacial score (nSPS) is 17.0. The van der Waals surface area contributed by atoms with Gasteiger partial charge < -0.3 is 20.1 Å². The largest absolute Gasteiger partial charge is 0.456 e. The van der Waals surface area contributed by atoms with Crippen LogP contribution in [-0.4, -0.2) is 12.5 Å². The number of anilines is 3. The number of esters is 1. The number of fused-ring (bicyclic) bond motifs is 6. The van der Waals surface area contributed by atoms with Gasteiger partial charge in [0.2, 0.25) is 0 Å². The lowest BCUT2D eigenvalue weighted by Crippen LogP contribution is -2.33. The van der Waals surface area contributed by atoms with Crippen LogP contribution in [0.5, 0.6) is 11.5 Å². The van der Waals surface area contributed by atoms with Crippen LogP contribution in [0.25, 0.3) is 0 Å². The Morgan fingerprint density at radius 1 is 0.846 bits per heavy atom. The third kappa shape index (κ3) is 3.87. The van der Waals surface area contributed by atoms with Crippen LogP contribution >= 0.6 is 0 Å². The quantitative estimate of drug-likeness (QED) is 0.261. The fraction of sp³-hybridized carbons (Fsp3) is 0.265. The third-order valence-electron chi connectivity index (χ3n) is 8.43. The molecule has 0 aromatic heterocycles. The van der Waals surface area contributed by atoms with E-state index in [-0.39, 0.29) is 5.97 Å². The van der Waals surface area contributed by atoms with E-state index in [0.29, 0.717) is 23.0 Å². The van der Waals surface area contributed by atoms with Crippen molar-refractivity contribution in [3.8, 4) is 11.5 Å². The Hall–Kier alpha value is -4.25. The highest BCUT2D eigenvalue weighted by Gasteiger charge is 2.56. The second-order valence-corrected chi connectivity index (χ2v) is 10.9. The molecule has 196 valence electrons. The molecule has 5 heteroatoms. The van der Waals surface area contributed by atoms with Crippen molar-refractivity contribution in [1.82, 2.24) is 0 Å². The van der Waals surface area contributed by atoms with E-state index >= 15 is 0 Å². The van der Waals surface area contributed by atoms with Gasteiger partial charge in [0.05, 0.1) is 11.3 Å². The Kier molecular flexibility index (Phi) is 5.80. The first kappa shape index (κ1) is 23.8. The first-order valence-corrected chi connectivity index (χ1v) is 14.0. The number of aryl methyl sites for hydroxylation is 1. The maximum absolute atomic E-state index is 14.0. The summed E-state index contributed by atoms with van der Waals surface area (Å²) >= 11 is 0. The Morgan fingerprint density at radius 2 is 1.49 bits per heavy atom. The van der Waals surface area contributed by atoms with Crippen molar-refractivity contribution < 1.29 is 14.3 Å². The zero-order chi connectivity index (χ0) is 26.4. The Labute approximate surface area is 229 Å². The minimum absolute atomic E-state index is 0.321. The molecular weight excluding hydrogens is 484 g/mol. The number of nitrogens with one attached hydrogen (secondary N) is 2. The van der Waals surface area contributed by atoms with E-state index in [4.69, 9.17) is 9.47 Å². The van der Waals surface area contributed by atoms with Crippen molar-refractivity contribution in [2.75, 3.05) is 17.2 Å². The number of rotatable bonds is 5. The molecule has 0 saturated heterocycles. The summed E-state index contributed by atoms with van der Waals surface area (Å²) < 4.78 is 12.9. The van der Waals surface area contributed by atoms with Crippen LogP contribution in [-0.2, 0) is 10.3 Å². The molecule has 0 atom stereocenters. The average molecular weight is 517 g/mol. The summed E-state index contributed by atoms with van der Waals surface area (Å²) in [6.07, 6.45) is 6.34. The summed E-state index contributed by atoms with van der Waals surface area (Å²) in [6.45, 7) is 2.96. The van der Waals surface area contributed by atoms with Gasteiger partial charge in [-0.1, -0.05) is 73.9 Å². The molecule has 4 aromatic carbocycles. The summed E-state index contributed by atoms with van der Waals surface area (Å²) in [4.78, 5) is 14.0. The molecule has 5 nitrogen and oxygen atoms in total. The van der Waals surface area contributed by atoms with E-state index < -0.39 is 5.60 Å². The van der Waals surface area contributed by atoms with E-state index in [2.05, 4.69) is 23.6 Å². The van der Waals surface area contributed by atoms with Crippen molar-refractivity contribution in [3.63, 3.8) is 0 Å². The SMILES string of the molecule is Cc1cc(NCC2CCCCC2)c2c(c1Nc1ccccc1)C1(OC2=O)c2ccccc2Oc2ccccc21. The number of carbonyl (C=O) groups excluding carboxylic acids is 1. The summed E-state index contributed by atoms with van der Waals surface area (Å²) in [6, 6.07) is 28.0. The lowest BCUT2D eigenvalue weighted by molar-refractivity contribution is 0.0226. The molecule has 1 saturated carbocycles. The van der Waals surface area contributed by atoms with Gasteiger partial charge in [-0.3, -0.25) is 0 Å². The molecule has 2 aliphatic heterocycles. The molecule has 0 amide bonds. The number of carbonyl (C=O) groups is 1. The molecule has 0 bridgehead atoms. The van der Waals surface area contributed by atoms with E-state index in [1.165, 1.54) is 32.1 Å². The smallest absolute Gasteiger partial charge is 0.342 e. The van der Waals surface area contributed by atoms with Gasteiger partial charge >= 0.3 is 5.97 Å². The van der Waals surface area contributed by atoms with Gasteiger partial charge in [-0.2, -0.15) is 0 Å². The van der Waals surface area contributed by atoms with Crippen molar-refractivity contribution in [2.45, 2.75) is 44.6 Å². The zero-order valence-corrected chi connectivity index (χ0v) is 22.1. The average Bonchev–Trinajstić information content (AvgIpc) is 3.28. The van der Waals surface area contributed by atoms with E-state index in [1.54, 1.807) is 0 Å². The second kappa shape index (κ2) is 9.49. The van der Waals surface area contributed by atoms with Crippen molar-refractivity contribution >= 4 is 23.0 Å². The van der Waals surface area contributed by atoms with Crippen LogP contribution in [0.4, 0.5) is 17.1 Å². The van der Waals surface area contributed by atoms with Gasteiger partial charge in [-0.05, 0) is 61.6 Å². The molecule has 2 N–H and O–H groups in total. The lowest BCUT2D eigenvalue weighted by Gasteiger charge is -2.37. The minimum atomic E-state index is -1.14. The van der Waals surface area contributed by atoms with Gasteiger partial charge in [0.25, 0.3) is 0 Å². The topological polar surface area (TPSA) is 59.6 Å². The Morgan fingerprint density at radius 3 is 2.18 bits per heavy atom. The number of hydrogen-bond acceptors (Lipinski definition) is 5. The summed E-state index contributed by atoms with van der Waals surface area (Å²) in [5.41, 5.74) is 5.68. The molecule has 1 fully saturated rings. The monoisotopic (exact) mass is 516 g/mol. The second-order valence-electron chi connectivity index (χ2n) is 10.9. The van der Waals surface area contributed by atoms with Gasteiger partial charge in [0.1, 0.15) is 11.5 Å². The van der Waals surface area contributed by atoms with Crippen LogP contribution in [0.3, 0.4) is 0 Å². The van der Waals surface area contributed by atoms with Crippen LogP contribution < -0.4 is 15.4 Å². The summed E-state index contributed by atoms with van der Waals surface area (Å²) in [7, 11) is 0. The first-order chi connectivity index (χ1) is 19.1. The summed E-state index contributed by atoms with van der Waals surface area (Å²) in [5, 5.41) is 7.35. The number of ether oxygens (including phenoxy) is 2. The zero-order valence-electron chi connectivity index (χ0n) is 22.1. The third-order valence-corrected chi connectivity index (χ3v) is 8.43. The van der Waals surface area contributed by atoms with Crippen LogP contribution in [0.2, 0.25) is 0 Å². The predicted molar refractivity (Wildman–Crippen MR) is 154 cm³/mol.